The molecule has 3 rings (SSSR count). The highest BCUT2D eigenvalue weighted by molar-refractivity contribution is 7.19. The maximum atomic E-state index is 10.2. The van der Waals surface area contributed by atoms with Crippen LogP contribution in [0.3, 0.4) is 0 Å². The topological polar surface area (TPSA) is 38.0 Å². The average Bonchev–Trinajstić information content (AvgIpc) is 2.95. The lowest BCUT2D eigenvalue weighted by Gasteiger charge is -2.05. The van der Waals surface area contributed by atoms with Crippen LogP contribution in [0.1, 0.15) is 16.7 Å². The molecule has 0 radical (unpaired) electrons. The molecule has 1 atom stereocenters. The molecule has 18 heavy (non-hydrogen) atoms. The zero-order valence-electron chi connectivity index (χ0n) is 10.1. The van der Waals surface area contributed by atoms with Crippen LogP contribution in [0.5, 0.6) is 0 Å². The van der Waals surface area contributed by atoms with Gasteiger partial charge in [-0.1, -0.05) is 18.2 Å². The molecule has 2 heterocycles. The van der Waals surface area contributed by atoms with E-state index in [1.54, 1.807) is 16.0 Å². The fraction of sp³-hybridized carbons (Fsp3) is 0.214. The van der Waals surface area contributed by atoms with Gasteiger partial charge in [-0.3, -0.25) is 4.68 Å². The van der Waals surface area contributed by atoms with Crippen molar-refractivity contribution in [3.05, 3.63) is 53.2 Å². The van der Waals surface area contributed by atoms with Gasteiger partial charge in [-0.2, -0.15) is 5.10 Å². The minimum atomic E-state index is -0.475. The van der Waals surface area contributed by atoms with Gasteiger partial charge in [-0.15, -0.1) is 11.3 Å². The van der Waals surface area contributed by atoms with Crippen LogP contribution in [0, 0.1) is 0 Å². The van der Waals surface area contributed by atoms with E-state index in [0.717, 1.165) is 10.6 Å². The molecule has 0 aliphatic carbocycles. The molecular formula is C14H14N2OS. The number of hydrogen-bond donors (Lipinski definition) is 1. The van der Waals surface area contributed by atoms with Crippen molar-refractivity contribution in [1.82, 2.24) is 9.78 Å². The summed E-state index contributed by atoms with van der Waals surface area (Å²) in [6.45, 7) is 0. The molecule has 1 unspecified atom stereocenters. The highest BCUT2D eigenvalue weighted by Crippen LogP contribution is 2.31. The minimum absolute atomic E-state index is 0.475. The number of fused-ring (bicyclic) bond motifs is 1. The first-order chi connectivity index (χ1) is 8.72. The highest BCUT2D eigenvalue weighted by atomic mass is 32.1. The molecule has 92 valence electrons. The summed E-state index contributed by atoms with van der Waals surface area (Å²) in [6, 6.07) is 12.2. The van der Waals surface area contributed by atoms with Crippen LogP contribution < -0.4 is 0 Å². The van der Waals surface area contributed by atoms with Crippen molar-refractivity contribution in [3.63, 3.8) is 0 Å². The van der Waals surface area contributed by atoms with Crippen LogP contribution in [0.15, 0.2) is 42.6 Å². The fourth-order valence-electron chi connectivity index (χ4n) is 2.04. The zero-order chi connectivity index (χ0) is 12.5. The number of aliphatic hydroxyl groups is 1. The molecular weight excluding hydrogens is 244 g/mol. The summed E-state index contributed by atoms with van der Waals surface area (Å²) < 4.78 is 2.97. The molecule has 1 aromatic carbocycles. The number of thiophene rings is 1. The maximum absolute atomic E-state index is 10.2. The van der Waals surface area contributed by atoms with E-state index in [0.29, 0.717) is 6.42 Å². The number of rotatable bonds is 3. The Labute approximate surface area is 109 Å². The summed E-state index contributed by atoms with van der Waals surface area (Å²) in [7, 11) is 1.88. The van der Waals surface area contributed by atoms with E-state index >= 15 is 0 Å². The summed E-state index contributed by atoms with van der Waals surface area (Å²) in [6.07, 6.45) is 1.98. The van der Waals surface area contributed by atoms with Crippen molar-refractivity contribution in [1.29, 1.82) is 0 Å². The Morgan fingerprint density at radius 2 is 2.17 bits per heavy atom. The van der Waals surface area contributed by atoms with E-state index in [-0.39, 0.29) is 0 Å². The molecule has 0 amide bonds. The van der Waals surface area contributed by atoms with E-state index in [4.69, 9.17) is 0 Å². The summed E-state index contributed by atoms with van der Waals surface area (Å²) in [4.78, 5) is 1.00. The predicted molar refractivity (Wildman–Crippen MR) is 73.7 cm³/mol. The number of aryl methyl sites for hydroxylation is 1. The normalized spacial score (nSPS) is 13.0. The van der Waals surface area contributed by atoms with E-state index < -0.39 is 6.10 Å². The van der Waals surface area contributed by atoms with Crippen LogP contribution in [0.2, 0.25) is 0 Å². The van der Waals surface area contributed by atoms with Gasteiger partial charge < -0.3 is 5.11 Å². The Balaban J connectivity index is 1.85. The Bertz CT molecular complexity index is 638. The molecule has 2 aromatic heterocycles. The van der Waals surface area contributed by atoms with Gasteiger partial charge in [0.1, 0.15) is 0 Å². The van der Waals surface area contributed by atoms with Gasteiger partial charge in [0, 0.05) is 29.2 Å². The molecule has 0 aliphatic rings. The number of aromatic nitrogens is 2. The third-order valence-corrected chi connectivity index (χ3v) is 4.16. The molecule has 0 saturated heterocycles. The van der Waals surface area contributed by atoms with Crippen molar-refractivity contribution >= 4 is 21.4 Å². The number of nitrogens with zero attached hydrogens (tertiary/aromatic N) is 2. The van der Waals surface area contributed by atoms with Gasteiger partial charge in [0.2, 0.25) is 0 Å². The second-order valence-electron chi connectivity index (χ2n) is 4.39. The standard InChI is InChI=1S/C14H14N2OS/c1-16-7-6-11(15-16)9-12(17)14-8-10-4-2-3-5-13(10)18-14/h2-8,12,17H,9H2,1H3. The first-order valence-corrected chi connectivity index (χ1v) is 6.69. The van der Waals surface area contributed by atoms with Crippen molar-refractivity contribution in [2.75, 3.05) is 0 Å². The molecule has 3 nitrogen and oxygen atoms in total. The van der Waals surface area contributed by atoms with Crippen LogP contribution in [-0.2, 0) is 13.5 Å². The SMILES string of the molecule is Cn1ccc(CC(O)c2cc3ccccc3s2)n1. The summed E-state index contributed by atoms with van der Waals surface area (Å²) in [5, 5.41) is 15.7. The third-order valence-electron chi connectivity index (χ3n) is 2.94. The molecule has 0 aliphatic heterocycles. The molecule has 3 aromatic rings. The maximum Gasteiger partial charge on any atom is 0.0938 e. The molecule has 0 saturated carbocycles. The Hall–Kier alpha value is -1.65. The van der Waals surface area contributed by atoms with Gasteiger partial charge in [0.15, 0.2) is 0 Å². The minimum Gasteiger partial charge on any atom is -0.387 e. The van der Waals surface area contributed by atoms with Crippen LogP contribution >= 0.6 is 11.3 Å². The van der Waals surface area contributed by atoms with Crippen molar-refractivity contribution in [2.45, 2.75) is 12.5 Å². The molecule has 0 spiro atoms. The fourth-order valence-corrected chi connectivity index (χ4v) is 3.09. The van der Waals surface area contributed by atoms with Gasteiger partial charge in [0.05, 0.1) is 11.8 Å². The lowest BCUT2D eigenvalue weighted by molar-refractivity contribution is 0.181. The predicted octanol–water partition coefficient (Wildman–Crippen LogP) is 2.91. The van der Waals surface area contributed by atoms with Crippen LogP contribution in [-0.4, -0.2) is 14.9 Å². The highest BCUT2D eigenvalue weighted by Gasteiger charge is 2.13. The van der Waals surface area contributed by atoms with Crippen LogP contribution in [0.25, 0.3) is 10.1 Å². The second-order valence-corrected chi connectivity index (χ2v) is 5.50. The zero-order valence-corrected chi connectivity index (χ0v) is 10.9. The third kappa shape index (κ3) is 2.17. The van der Waals surface area contributed by atoms with Crippen molar-refractivity contribution in [2.24, 2.45) is 7.05 Å². The first-order valence-electron chi connectivity index (χ1n) is 5.87. The monoisotopic (exact) mass is 258 g/mol. The van der Waals surface area contributed by atoms with Gasteiger partial charge >= 0.3 is 0 Å². The summed E-state index contributed by atoms with van der Waals surface area (Å²) in [5.74, 6) is 0. The Kier molecular flexibility index (Phi) is 2.89. The Morgan fingerprint density at radius 3 is 2.89 bits per heavy atom. The lowest BCUT2D eigenvalue weighted by Crippen LogP contribution is -2.01. The lowest BCUT2D eigenvalue weighted by atomic mass is 10.1. The molecule has 1 N–H and O–H groups in total. The average molecular weight is 258 g/mol. The van der Waals surface area contributed by atoms with E-state index in [1.807, 2.05) is 31.4 Å². The number of hydrogen-bond acceptors (Lipinski definition) is 3. The van der Waals surface area contributed by atoms with Gasteiger partial charge in [0.25, 0.3) is 0 Å². The molecule has 0 fully saturated rings. The van der Waals surface area contributed by atoms with E-state index in [2.05, 4.69) is 23.3 Å². The van der Waals surface area contributed by atoms with Gasteiger partial charge in [-0.25, -0.2) is 0 Å². The van der Waals surface area contributed by atoms with Crippen molar-refractivity contribution in [3.8, 4) is 0 Å². The number of benzene rings is 1. The van der Waals surface area contributed by atoms with Gasteiger partial charge in [-0.05, 0) is 23.6 Å². The molecule has 4 heteroatoms. The largest absolute Gasteiger partial charge is 0.387 e. The van der Waals surface area contributed by atoms with E-state index in [1.165, 1.54) is 10.1 Å². The quantitative estimate of drug-likeness (QED) is 0.784. The second kappa shape index (κ2) is 4.55. The Morgan fingerprint density at radius 1 is 1.33 bits per heavy atom. The first kappa shape index (κ1) is 11.4. The summed E-state index contributed by atoms with van der Waals surface area (Å²) >= 11 is 1.65. The summed E-state index contributed by atoms with van der Waals surface area (Å²) in [5.41, 5.74) is 0.919. The molecule has 0 bridgehead atoms. The van der Waals surface area contributed by atoms with E-state index in [9.17, 15) is 5.11 Å². The van der Waals surface area contributed by atoms with Crippen molar-refractivity contribution < 1.29 is 5.11 Å². The van der Waals surface area contributed by atoms with Crippen LogP contribution in [0.4, 0.5) is 0 Å². The number of aliphatic hydroxyl groups excluding tert-OH is 1. The smallest absolute Gasteiger partial charge is 0.0938 e.